The van der Waals surface area contributed by atoms with Gasteiger partial charge in [-0.2, -0.15) is 0 Å². The van der Waals surface area contributed by atoms with Crippen LogP contribution in [-0.2, 0) is 0 Å². The molecule has 0 saturated carbocycles. The van der Waals surface area contributed by atoms with E-state index in [0.717, 1.165) is 13.1 Å². The monoisotopic (exact) mass is 126 g/mol. The Morgan fingerprint density at radius 3 is 2.67 bits per heavy atom. The zero-order chi connectivity index (χ0) is 6.74. The summed E-state index contributed by atoms with van der Waals surface area (Å²) in [5.74, 6) is 0. The van der Waals surface area contributed by atoms with Gasteiger partial charge in [0.2, 0.25) is 0 Å². The molecule has 1 saturated heterocycles. The molecule has 1 aliphatic heterocycles. The lowest BCUT2D eigenvalue weighted by Gasteiger charge is -2.20. The summed E-state index contributed by atoms with van der Waals surface area (Å²) >= 11 is 0. The number of hydrogen-bond donors (Lipinski definition) is 0. The predicted octanol–water partition coefficient (Wildman–Crippen LogP) is 1.80. The molecule has 0 bridgehead atoms. The average molecular weight is 126 g/mol. The fraction of sp³-hybridized carbons (Fsp3) is 1.00. The summed E-state index contributed by atoms with van der Waals surface area (Å²) in [6.45, 7) is 6.87. The summed E-state index contributed by atoms with van der Waals surface area (Å²) in [4.78, 5) is 0. The van der Waals surface area contributed by atoms with Crippen molar-refractivity contribution in [1.82, 2.24) is 5.32 Å². The van der Waals surface area contributed by atoms with Crippen molar-refractivity contribution < 1.29 is 0 Å². The van der Waals surface area contributed by atoms with Gasteiger partial charge in [0, 0.05) is 13.1 Å². The van der Waals surface area contributed by atoms with E-state index >= 15 is 0 Å². The fourth-order valence-corrected chi connectivity index (χ4v) is 1.29. The Bertz CT molecular complexity index is 76.6. The SMILES string of the molecule is CC1(C)CCC[N]CC1. The molecule has 0 N–H and O–H groups in total. The van der Waals surface area contributed by atoms with Gasteiger partial charge in [0.25, 0.3) is 0 Å². The van der Waals surface area contributed by atoms with E-state index in [1.807, 2.05) is 0 Å². The first-order chi connectivity index (χ1) is 4.21. The second-order valence-corrected chi connectivity index (χ2v) is 3.69. The van der Waals surface area contributed by atoms with Crippen LogP contribution in [0.3, 0.4) is 0 Å². The molecule has 0 aromatic carbocycles. The molecule has 0 amide bonds. The van der Waals surface area contributed by atoms with Crippen LogP contribution in [0.1, 0.15) is 33.1 Å². The smallest absolute Gasteiger partial charge is 0.0138 e. The van der Waals surface area contributed by atoms with Crippen molar-refractivity contribution in [1.29, 1.82) is 0 Å². The van der Waals surface area contributed by atoms with E-state index in [1.165, 1.54) is 19.3 Å². The minimum absolute atomic E-state index is 0.569. The molecule has 1 heteroatoms. The Hall–Kier alpha value is -0.0400. The molecule has 1 rings (SSSR count). The molecule has 0 aromatic heterocycles. The summed E-state index contributed by atoms with van der Waals surface area (Å²) in [5, 5.41) is 4.37. The first-order valence-electron chi connectivity index (χ1n) is 3.84. The fourth-order valence-electron chi connectivity index (χ4n) is 1.29. The molecule has 0 unspecified atom stereocenters. The van der Waals surface area contributed by atoms with Crippen LogP contribution < -0.4 is 5.32 Å². The van der Waals surface area contributed by atoms with Gasteiger partial charge in [-0.1, -0.05) is 13.8 Å². The van der Waals surface area contributed by atoms with E-state index in [9.17, 15) is 0 Å². The zero-order valence-corrected chi connectivity index (χ0v) is 6.48. The van der Waals surface area contributed by atoms with Gasteiger partial charge >= 0.3 is 0 Å². The first kappa shape index (κ1) is 7.07. The van der Waals surface area contributed by atoms with Crippen LogP contribution in [0.15, 0.2) is 0 Å². The quantitative estimate of drug-likeness (QED) is 0.470. The minimum atomic E-state index is 0.569. The normalized spacial score (nSPS) is 27.3. The van der Waals surface area contributed by atoms with Crippen molar-refractivity contribution in [3.8, 4) is 0 Å². The van der Waals surface area contributed by atoms with Crippen LogP contribution in [0.2, 0.25) is 0 Å². The van der Waals surface area contributed by atoms with Gasteiger partial charge in [-0.3, -0.25) is 0 Å². The van der Waals surface area contributed by atoms with Gasteiger partial charge in [-0.05, 0) is 24.7 Å². The Labute approximate surface area is 57.8 Å². The van der Waals surface area contributed by atoms with Gasteiger partial charge in [0.1, 0.15) is 0 Å². The molecule has 1 heterocycles. The molecule has 1 radical (unpaired) electrons. The third-order valence-corrected chi connectivity index (χ3v) is 2.12. The maximum absolute atomic E-state index is 4.37. The standard InChI is InChI=1S/C8H16N/c1-8(2)4-3-6-9-7-5-8/h3-7H2,1-2H3. The molecule has 0 aliphatic carbocycles. The van der Waals surface area contributed by atoms with Crippen molar-refractivity contribution in [2.75, 3.05) is 13.1 Å². The van der Waals surface area contributed by atoms with Crippen LogP contribution in [0.5, 0.6) is 0 Å². The van der Waals surface area contributed by atoms with Gasteiger partial charge in [-0.25, -0.2) is 5.32 Å². The molecular weight excluding hydrogens is 110 g/mol. The van der Waals surface area contributed by atoms with E-state index < -0.39 is 0 Å². The highest BCUT2D eigenvalue weighted by molar-refractivity contribution is 4.73. The summed E-state index contributed by atoms with van der Waals surface area (Å²) in [5.41, 5.74) is 0.569. The van der Waals surface area contributed by atoms with Crippen molar-refractivity contribution in [2.24, 2.45) is 5.41 Å². The highest BCUT2D eigenvalue weighted by atomic mass is 14.9. The van der Waals surface area contributed by atoms with E-state index in [-0.39, 0.29) is 0 Å². The van der Waals surface area contributed by atoms with Crippen molar-refractivity contribution in [2.45, 2.75) is 33.1 Å². The van der Waals surface area contributed by atoms with Crippen molar-refractivity contribution >= 4 is 0 Å². The molecule has 1 nitrogen and oxygen atoms in total. The van der Waals surface area contributed by atoms with Gasteiger partial charge in [-0.15, -0.1) is 0 Å². The van der Waals surface area contributed by atoms with Gasteiger partial charge in [0.15, 0.2) is 0 Å². The summed E-state index contributed by atoms with van der Waals surface area (Å²) in [7, 11) is 0. The number of hydrogen-bond acceptors (Lipinski definition) is 0. The number of nitrogens with zero attached hydrogens (tertiary/aromatic N) is 1. The summed E-state index contributed by atoms with van der Waals surface area (Å²) in [6, 6.07) is 0. The molecule has 53 valence electrons. The molecule has 9 heavy (non-hydrogen) atoms. The van der Waals surface area contributed by atoms with Crippen molar-refractivity contribution in [3.63, 3.8) is 0 Å². The largest absolute Gasteiger partial charge is 0.242 e. The summed E-state index contributed by atoms with van der Waals surface area (Å²) in [6.07, 6.45) is 3.94. The van der Waals surface area contributed by atoms with Crippen LogP contribution in [-0.4, -0.2) is 13.1 Å². The molecule has 0 aromatic rings. The molecule has 0 atom stereocenters. The maximum atomic E-state index is 4.37. The number of rotatable bonds is 0. The molecule has 1 aliphatic rings. The minimum Gasteiger partial charge on any atom is -0.242 e. The van der Waals surface area contributed by atoms with E-state index in [4.69, 9.17) is 0 Å². The lowest BCUT2D eigenvalue weighted by molar-refractivity contribution is 0.323. The lowest BCUT2D eigenvalue weighted by Crippen LogP contribution is -2.12. The van der Waals surface area contributed by atoms with E-state index in [0.29, 0.717) is 5.41 Å². The highest BCUT2D eigenvalue weighted by Crippen LogP contribution is 2.27. The van der Waals surface area contributed by atoms with E-state index in [2.05, 4.69) is 19.2 Å². The highest BCUT2D eigenvalue weighted by Gasteiger charge is 2.18. The van der Waals surface area contributed by atoms with Crippen LogP contribution in [0.25, 0.3) is 0 Å². The van der Waals surface area contributed by atoms with Crippen LogP contribution in [0, 0.1) is 5.41 Å². The van der Waals surface area contributed by atoms with Crippen LogP contribution >= 0.6 is 0 Å². The Kier molecular flexibility index (Phi) is 2.12. The van der Waals surface area contributed by atoms with Gasteiger partial charge in [0.05, 0.1) is 0 Å². The Morgan fingerprint density at radius 2 is 1.89 bits per heavy atom. The molecule has 0 spiro atoms. The summed E-state index contributed by atoms with van der Waals surface area (Å²) < 4.78 is 0. The predicted molar refractivity (Wildman–Crippen MR) is 39.5 cm³/mol. The first-order valence-corrected chi connectivity index (χ1v) is 3.84. The van der Waals surface area contributed by atoms with Crippen molar-refractivity contribution in [3.05, 3.63) is 0 Å². The topological polar surface area (TPSA) is 14.1 Å². The van der Waals surface area contributed by atoms with E-state index in [1.54, 1.807) is 0 Å². The molecular formula is C8H16N. The average Bonchev–Trinajstić information content (AvgIpc) is 1.92. The molecule has 1 fully saturated rings. The van der Waals surface area contributed by atoms with Crippen LogP contribution in [0.4, 0.5) is 0 Å². The maximum Gasteiger partial charge on any atom is 0.0138 e. The second kappa shape index (κ2) is 2.70. The van der Waals surface area contributed by atoms with Gasteiger partial charge < -0.3 is 0 Å². The lowest BCUT2D eigenvalue weighted by atomic mass is 9.85. The second-order valence-electron chi connectivity index (χ2n) is 3.69. The Morgan fingerprint density at radius 1 is 1.11 bits per heavy atom. The third kappa shape index (κ3) is 2.35. The zero-order valence-electron chi connectivity index (χ0n) is 6.48. The Balaban J connectivity index is 2.36. The third-order valence-electron chi connectivity index (χ3n) is 2.12.